The second-order valence-corrected chi connectivity index (χ2v) is 9.28. The summed E-state index contributed by atoms with van der Waals surface area (Å²) in [5.41, 5.74) is 5.06. The molecule has 0 bridgehead atoms. The van der Waals surface area contributed by atoms with E-state index >= 15 is 0 Å². The summed E-state index contributed by atoms with van der Waals surface area (Å²) in [6.07, 6.45) is 0. The fourth-order valence-electron chi connectivity index (χ4n) is 5.20. The van der Waals surface area contributed by atoms with E-state index in [1.807, 2.05) is 31.2 Å². The second-order valence-electron chi connectivity index (χ2n) is 9.28. The molecule has 6 heteroatoms. The maximum absolute atomic E-state index is 12.8. The summed E-state index contributed by atoms with van der Waals surface area (Å²) < 4.78 is 2.98. The highest BCUT2D eigenvalue weighted by atomic mass is 16.2. The van der Waals surface area contributed by atoms with Crippen LogP contribution in [-0.2, 0) is 19.6 Å². The van der Waals surface area contributed by atoms with Gasteiger partial charge in [-0.05, 0) is 31.9 Å². The van der Waals surface area contributed by atoms with E-state index in [4.69, 9.17) is 0 Å². The van der Waals surface area contributed by atoms with E-state index in [1.54, 1.807) is 4.57 Å². The molecule has 2 aromatic carbocycles. The van der Waals surface area contributed by atoms with Crippen molar-refractivity contribution < 1.29 is 0 Å². The fraction of sp³-hybridized carbons (Fsp3) is 0.400. The zero-order valence-electron chi connectivity index (χ0n) is 18.3. The van der Waals surface area contributed by atoms with Crippen LogP contribution in [0.4, 0.5) is 0 Å². The van der Waals surface area contributed by atoms with Crippen LogP contribution in [0.1, 0.15) is 39.6 Å². The average molecular weight is 417 g/mol. The molecule has 0 amide bonds. The molecule has 0 saturated carbocycles. The van der Waals surface area contributed by atoms with Gasteiger partial charge in [-0.1, -0.05) is 59.2 Å². The Kier molecular flexibility index (Phi) is 4.89. The zero-order valence-corrected chi connectivity index (χ0v) is 18.3. The molecule has 1 aromatic heterocycles. The van der Waals surface area contributed by atoms with Crippen LogP contribution in [0.25, 0.3) is 0 Å². The highest BCUT2D eigenvalue weighted by molar-refractivity contribution is 5.29. The largest absolute Gasteiger partial charge is 0.332 e. The Hall–Kier alpha value is -2.99. The minimum atomic E-state index is -0.531. The third kappa shape index (κ3) is 3.76. The van der Waals surface area contributed by atoms with E-state index in [2.05, 4.69) is 42.0 Å². The molecule has 2 atom stereocenters. The van der Waals surface area contributed by atoms with Crippen molar-refractivity contribution in [1.29, 1.82) is 0 Å². The van der Waals surface area contributed by atoms with Crippen molar-refractivity contribution in [2.24, 2.45) is 5.92 Å². The minimum absolute atomic E-state index is 0.198. The number of rotatable bonds is 4. The summed E-state index contributed by atoms with van der Waals surface area (Å²) in [7, 11) is 0. The third-order valence-corrected chi connectivity index (χ3v) is 6.57. The van der Waals surface area contributed by atoms with Gasteiger partial charge in [-0.3, -0.25) is 19.1 Å². The number of nitrogens with zero attached hydrogens (tertiary/aromatic N) is 4. The average Bonchev–Trinajstić information content (AvgIpc) is 3.25. The Morgan fingerprint density at radius 3 is 2.23 bits per heavy atom. The number of aryl methyl sites for hydroxylation is 3. The topological polar surface area (TPSA) is 60.1 Å². The molecule has 1 fully saturated rings. The number of hydrogen-bond donors (Lipinski definition) is 0. The van der Waals surface area contributed by atoms with Crippen LogP contribution in [0.15, 0.2) is 52.1 Å². The van der Waals surface area contributed by atoms with Crippen LogP contribution in [0.3, 0.4) is 0 Å². The lowest BCUT2D eigenvalue weighted by molar-refractivity contribution is 0.303. The smallest absolute Gasteiger partial charge is 0.298 e. The maximum Gasteiger partial charge on any atom is 0.332 e. The molecule has 3 heterocycles. The summed E-state index contributed by atoms with van der Waals surface area (Å²) in [5.74, 6) is 1.30. The van der Waals surface area contributed by atoms with Gasteiger partial charge in [0, 0.05) is 38.0 Å². The quantitative estimate of drug-likeness (QED) is 0.614. The van der Waals surface area contributed by atoms with Crippen LogP contribution in [0.5, 0.6) is 0 Å². The van der Waals surface area contributed by atoms with Crippen molar-refractivity contribution >= 4 is 0 Å². The van der Waals surface area contributed by atoms with E-state index in [9.17, 15) is 9.59 Å². The zero-order chi connectivity index (χ0) is 21.7. The van der Waals surface area contributed by atoms with Gasteiger partial charge in [-0.25, -0.2) is 4.68 Å². The van der Waals surface area contributed by atoms with E-state index in [-0.39, 0.29) is 5.92 Å². The second kappa shape index (κ2) is 7.61. The molecule has 6 nitrogen and oxygen atoms in total. The normalized spacial score (nSPS) is 20.1. The van der Waals surface area contributed by atoms with Gasteiger partial charge in [0.1, 0.15) is 5.82 Å². The van der Waals surface area contributed by atoms with Crippen molar-refractivity contribution in [3.63, 3.8) is 0 Å². The van der Waals surface area contributed by atoms with E-state index in [1.165, 1.54) is 21.4 Å². The SMILES string of the molecule is Cc1ccc(Cn2nc3n(c(=O)c2=O)C[C@H]2CN(Cc4cc(C)cc(C)c4)C[C@H]32)cc1. The van der Waals surface area contributed by atoms with Crippen LogP contribution in [0.2, 0.25) is 0 Å². The first-order valence-corrected chi connectivity index (χ1v) is 10.9. The first kappa shape index (κ1) is 19.9. The minimum Gasteiger partial charge on any atom is -0.298 e. The summed E-state index contributed by atoms with van der Waals surface area (Å²) in [5, 5.41) is 4.68. The molecule has 0 aliphatic carbocycles. The molecule has 0 radical (unpaired) electrons. The molecule has 0 spiro atoms. The Labute approximate surface area is 181 Å². The molecule has 2 aliphatic rings. The van der Waals surface area contributed by atoms with E-state index in [0.29, 0.717) is 19.0 Å². The van der Waals surface area contributed by atoms with Gasteiger partial charge in [-0.15, -0.1) is 0 Å². The lowest BCUT2D eigenvalue weighted by Crippen LogP contribution is -2.44. The first-order valence-electron chi connectivity index (χ1n) is 10.9. The van der Waals surface area contributed by atoms with E-state index < -0.39 is 11.1 Å². The van der Waals surface area contributed by atoms with Crippen molar-refractivity contribution in [1.82, 2.24) is 19.2 Å². The summed E-state index contributed by atoms with van der Waals surface area (Å²) in [6.45, 7) is 9.91. The van der Waals surface area contributed by atoms with Crippen molar-refractivity contribution in [3.8, 4) is 0 Å². The van der Waals surface area contributed by atoms with Crippen LogP contribution < -0.4 is 11.1 Å². The number of hydrogen-bond acceptors (Lipinski definition) is 4. The first-order chi connectivity index (χ1) is 14.9. The summed E-state index contributed by atoms with van der Waals surface area (Å²) in [6, 6.07) is 14.7. The molecule has 160 valence electrons. The number of benzene rings is 2. The summed E-state index contributed by atoms with van der Waals surface area (Å²) in [4.78, 5) is 27.9. The molecule has 5 rings (SSSR count). The Bertz CT molecular complexity index is 1240. The van der Waals surface area contributed by atoms with Gasteiger partial charge in [0.15, 0.2) is 0 Å². The molecule has 0 unspecified atom stereocenters. The molecular weight excluding hydrogens is 388 g/mol. The van der Waals surface area contributed by atoms with Crippen LogP contribution in [0, 0.1) is 26.7 Å². The Balaban J connectivity index is 1.40. The number of aromatic nitrogens is 3. The highest BCUT2D eigenvalue weighted by Crippen LogP contribution is 2.37. The predicted octanol–water partition coefficient (Wildman–Crippen LogP) is 2.61. The Morgan fingerprint density at radius 1 is 0.806 bits per heavy atom. The van der Waals surface area contributed by atoms with Crippen LogP contribution in [-0.4, -0.2) is 32.3 Å². The lowest BCUT2D eigenvalue weighted by atomic mass is 10.00. The van der Waals surface area contributed by atoms with E-state index in [0.717, 1.165) is 36.6 Å². The number of fused-ring (bicyclic) bond motifs is 3. The highest BCUT2D eigenvalue weighted by Gasteiger charge is 2.42. The van der Waals surface area contributed by atoms with Gasteiger partial charge in [0.25, 0.3) is 0 Å². The summed E-state index contributed by atoms with van der Waals surface area (Å²) >= 11 is 0. The molecule has 3 aromatic rings. The predicted molar refractivity (Wildman–Crippen MR) is 120 cm³/mol. The fourth-order valence-corrected chi connectivity index (χ4v) is 5.20. The third-order valence-electron chi connectivity index (χ3n) is 6.57. The standard InChI is InChI=1S/C25H28N4O2/c1-16-4-6-19(7-5-16)12-29-25(31)24(30)28-14-21-13-27(15-22(21)23(28)26-29)11-20-9-17(2)8-18(3)10-20/h4-10,21-22H,11-15H2,1-3H3/t21-,22+/m1/s1. The van der Waals surface area contributed by atoms with Gasteiger partial charge in [0.2, 0.25) is 0 Å². The molecule has 1 saturated heterocycles. The Morgan fingerprint density at radius 2 is 1.52 bits per heavy atom. The molecular formula is C25H28N4O2. The van der Waals surface area contributed by atoms with Gasteiger partial charge in [-0.2, -0.15) is 5.10 Å². The van der Waals surface area contributed by atoms with Crippen LogP contribution >= 0.6 is 0 Å². The maximum atomic E-state index is 12.8. The van der Waals surface area contributed by atoms with Gasteiger partial charge >= 0.3 is 11.1 Å². The number of likely N-dealkylation sites (tertiary alicyclic amines) is 1. The van der Waals surface area contributed by atoms with Crippen molar-refractivity contribution in [2.45, 2.75) is 46.3 Å². The molecule has 0 N–H and O–H groups in total. The lowest BCUT2D eigenvalue weighted by Gasteiger charge is -2.18. The van der Waals surface area contributed by atoms with Crippen molar-refractivity contribution in [2.75, 3.05) is 13.1 Å². The monoisotopic (exact) mass is 416 g/mol. The molecule has 2 aliphatic heterocycles. The molecule has 31 heavy (non-hydrogen) atoms. The van der Waals surface area contributed by atoms with Crippen molar-refractivity contribution in [3.05, 3.63) is 96.8 Å². The van der Waals surface area contributed by atoms with Gasteiger partial charge < -0.3 is 0 Å². The van der Waals surface area contributed by atoms with Gasteiger partial charge in [0.05, 0.1) is 6.54 Å².